The van der Waals surface area contributed by atoms with Crippen LogP contribution >= 0.6 is 0 Å². The van der Waals surface area contributed by atoms with E-state index in [1.165, 1.54) is 31.4 Å². The van der Waals surface area contributed by atoms with Crippen LogP contribution in [-0.4, -0.2) is 20.4 Å². The quantitative estimate of drug-likeness (QED) is 0.803. The average molecular weight is 372 g/mol. The summed E-state index contributed by atoms with van der Waals surface area (Å²) in [7, 11) is -3.62. The minimum atomic E-state index is -3.62. The zero-order valence-corrected chi connectivity index (χ0v) is 15.6. The maximum absolute atomic E-state index is 13.0. The van der Waals surface area contributed by atoms with E-state index < -0.39 is 15.3 Å². The average Bonchev–Trinajstić information content (AvgIpc) is 2.60. The number of sulfone groups is 1. The number of rotatable bonds is 5. The lowest BCUT2D eigenvalue weighted by Crippen LogP contribution is -2.52. The summed E-state index contributed by atoms with van der Waals surface area (Å²) in [5.74, 6) is 0.0793. The van der Waals surface area contributed by atoms with Gasteiger partial charge in [-0.05, 0) is 43.4 Å². The van der Waals surface area contributed by atoms with E-state index in [9.17, 15) is 13.2 Å². The number of carbonyl (C=O) groups excluding carboxylic acids is 1. The molecule has 138 valence electrons. The third kappa shape index (κ3) is 3.68. The number of nitriles is 1. The highest BCUT2D eigenvalue weighted by Crippen LogP contribution is 2.44. The van der Waals surface area contributed by atoms with Gasteiger partial charge in [0.1, 0.15) is 0 Å². The first kappa shape index (κ1) is 18.7. The highest BCUT2D eigenvalue weighted by Gasteiger charge is 2.46. The van der Waals surface area contributed by atoms with E-state index in [0.29, 0.717) is 0 Å². The molecule has 0 heterocycles. The van der Waals surface area contributed by atoms with E-state index >= 15 is 0 Å². The Kier molecular flexibility index (Phi) is 5.47. The molecule has 0 saturated heterocycles. The molecular formula is C20H24N2O3S. The second-order valence-electron chi connectivity index (χ2n) is 7.25. The van der Waals surface area contributed by atoms with Crippen LogP contribution in [-0.2, 0) is 20.0 Å². The second kappa shape index (κ2) is 7.63. The summed E-state index contributed by atoms with van der Waals surface area (Å²) in [5, 5.41) is 12.6. The lowest BCUT2D eigenvalue weighted by atomic mass is 9.63. The van der Waals surface area contributed by atoms with Gasteiger partial charge in [0.25, 0.3) is 0 Å². The summed E-state index contributed by atoms with van der Waals surface area (Å²) in [6.07, 6.45) is 9.22. The van der Waals surface area contributed by atoms with Gasteiger partial charge in [0, 0.05) is 17.5 Å². The number of benzene rings is 1. The summed E-state index contributed by atoms with van der Waals surface area (Å²) >= 11 is 0. The fourth-order valence-electron chi connectivity index (χ4n) is 3.91. The van der Waals surface area contributed by atoms with E-state index in [0.717, 1.165) is 49.2 Å². The summed E-state index contributed by atoms with van der Waals surface area (Å²) in [5.41, 5.74) is 0.350. The molecule has 1 aromatic rings. The Balaban J connectivity index is 1.78. The van der Waals surface area contributed by atoms with Crippen LogP contribution < -0.4 is 5.32 Å². The number of nitrogens with zero attached hydrogens (tertiary/aromatic N) is 1. The zero-order chi connectivity index (χ0) is 18.6. The van der Waals surface area contributed by atoms with Crippen molar-refractivity contribution in [1.82, 2.24) is 5.32 Å². The summed E-state index contributed by atoms with van der Waals surface area (Å²) in [6.45, 7) is 0. The van der Waals surface area contributed by atoms with Crippen LogP contribution in [0.1, 0.15) is 56.9 Å². The van der Waals surface area contributed by atoms with Crippen LogP contribution in [0.3, 0.4) is 0 Å². The third-order valence-electron chi connectivity index (χ3n) is 5.64. The summed E-state index contributed by atoms with van der Waals surface area (Å²) in [4.78, 5) is 13.1. The van der Waals surface area contributed by atoms with Crippen molar-refractivity contribution in [2.75, 3.05) is 0 Å². The van der Waals surface area contributed by atoms with E-state index in [4.69, 9.17) is 5.26 Å². The molecule has 0 aliphatic heterocycles. The molecule has 2 aliphatic rings. The molecule has 1 amide bonds. The predicted octanol–water partition coefficient (Wildman–Crippen LogP) is 3.37. The first-order valence-electron chi connectivity index (χ1n) is 9.21. The SMILES string of the molecule is N#C/C=C/S(=O)(=O)c1ccc(C2(C(=O)NC3CCCCC3)CCC2)cc1. The van der Waals surface area contributed by atoms with Gasteiger partial charge in [0.05, 0.1) is 16.4 Å². The maximum Gasteiger partial charge on any atom is 0.230 e. The third-order valence-corrected chi connectivity index (χ3v) is 7.06. The van der Waals surface area contributed by atoms with Crippen molar-refractivity contribution in [3.05, 3.63) is 41.3 Å². The Morgan fingerprint density at radius 2 is 1.77 bits per heavy atom. The molecule has 0 unspecified atom stereocenters. The van der Waals surface area contributed by atoms with Gasteiger partial charge in [-0.1, -0.05) is 37.8 Å². The van der Waals surface area contributed by atoms with Gasteiger partial charge < -0.3 is 5.32 Å². The molecule has 0 bridgehead atoms. The van der Waals surface area contributed by atoms with Crippen molar-refractivity contribution < 1.29 is 13.2 Å². The van der Waals surface area contributed by atoms with E-state index in [-0.39, 0.29) is 16.8 Å². The molecule has 0 aromatic heterocycles. The van der Waals surface area contributed by atoms with E-state index in [2.05, 4.69) is 5.32 Å². The van der Waals surface area contributed by atoms with Gasteiger partial charge >= 0.3 is 0 Å². The van der Waals surface area contributed by atoms with Crippen LogP contribution in [0.15, 0.2) is 40.6 Å². The standard InChI is InChI=1S/C20H24N2O3S/c21-14-5-15-26(24,25)18-10-8-16(9-11-18)20(12-4-13-20)19(23)22-17-6-2-1-3-7-17/h5,8-11,15,17H,1-4,6-7,12-13H2,(H,22,23)/b15-5+. The monoisotopic (exact) mass is 372 g/mol. The lowest BCUT2D eigenvalue weighted by molar-refractivity contribution is -0.130. The molecule has 0 spiro atoms. The van der Waals surface area contributed by atoms with Gasteiger partial charge in [-0.3, -0.25) is 4.79 Å². The second-order valence-corrected chi connectivity index (χ2v) is 9.08. The van der Waals surface area contributed by atoms with Gasteiger partial charge in [-0.15, -0.1) is 0 Å². The van der Waals surface area contributed by atoms with Crippen molar-refractivity contribution in [2.45, 2.75) is 67.7 Å². The number of hydrogen-bond donors (Lipinski definition) is 1. The Hall–Kier alpha value is -2.13. The first-order valence-corrected chi connectivity index (χ1v) is 10.8. The van der Waals surface area contributed by atoms with Crippen molar-refractivity contribution in [2.24, 2.45) is 0 Å². The molecule has 5 nitrogen and oxygen atoms in total. The van der Waals surface area contributed by atoms with Crippen LogP contribution in [0.25, 0.3) is 0 Å². The number of carbonyl (C=O) groups is 1. The lowest BCUT2D eigenvalue weighted by Gasteiger charge is -2.42. The van der Waals surface area contributed by atoms with E-state index in [1.807, 2.05) is 0 Å². The Morgan fingerprint density at radius 3 is 2.31 bits per heavy atom. The first-order chi connectivity index (χ1) is 12.5. The number of allylic oxidation sites excluding steroid dienone is 1. The Morgan fingerprint density at radius 1 is 1.12 bits per heavy atom. The molecule has 2 saturated carbocycles. The molecule has 1 aromatic carbocycles. The van der Waals surface area contributed by atoms with Crippen LogP contribution in [0, 0.1) is 11.3 Å². The van der Waals surface area contributed by atoms with Crippen LogP contribution in [0.4, 0.5) is 0 Å². The number of amides is 1. The van der Waals surface area contributed by atoms with E-state index in [1.54, 1.807) is 18.2 Å². The van der Waals surface area contributed by atoms with Gasteiger partial charge in [-0.25, -0.2) is 8.42 Å². The highest BCUT2D eigenvalue weighted by molar-refractivity contribution is 7.94. The van der Waals surface area contributed by atoms with Gasteiger partial charge in [0.2, 0.25) is 15.7 Å². The molecule has 2 fully saturated rings. The minimum absolute atomic E-state index is 0.0793. The molecule has 2 aliphatic carbocycles. The van der Waals surface area contributed by atoms with Crippen molar-refractivity contribution in [1.29, 1.82) is 5.26 Å². The fraction of sp³-hybridized carbons (Fsp3) is 0.500. The van der Waals surface area contributed by atoms with Crippen LogP contribution in [0.5, 0.6) is 0 Å². The molecule has 6 heteroatoms. The van der Waals surface area contributed by atoms with Crippen molar-refractivity contribution in [3.63, 3.8) is 0 Å². The Bertz CT molecular complexity index is 825. The normalized spacial score (nSPS) is 20.3. The molecular weight excluding hydrogens is 348 g/mol. The van der Waals surface area contributed by atoms with Crippen LogP contribution in [0.2, 0.25) is 0 Å². The van der Waals surface area contributed by atoms with Gasteiger partial charge in [0.15, 0.2) is 0 Å². The maximum atomic E-state index is 13.0. The van der Waals surface area contributed by atoms with Crippen molar-refractivity contribution >= 4 is 15.7 Å². The summed E-state index contributed by atoms with van der Waals surface area (Å²) < 4.78 is 24.2. The van der Waals surface area contributed by atoms with Crippen molar-refractivity contribution in [3.8, 4) is 6.07 Å². The van der Waals surface area contributed by atoms with Gasteiger partial charge in [-0.2, -0.15) is 5.26 Å². The molecule has 1 N–H and O–H groups in total. The minimum Gasteiger partial charge on any atom is -0.353 e. The fourth-order valence-corrected chi connectivity index (χ4v) is 4.82. The molecule has 26 heavy (non-hydrogen) atoms. The summed E-state index contributed by atoms with van der Waals surface area (Å²) in [6, 6.07) is 8.50. The molecule has 0 radical (unpaired) electrons. The smallest absolute Gasteiger partial charge is 0.230 e. The number of hydrogen-bond acceptors (Lipinski definition) is 4. The molecule has 0 atom stereocenters. The molecule has 3 rings (SSSR count). The Labute approximate surface area is 155 Å². The zero-order valence-electron chi connectivity index (χ0n) is 14.8. The highest BCUT2D eigenvalue weighted by atomic mass is 32.2. The largest absolute Gasteiger partial charge is 0.353 e. The predicted molar refractivity (Wildman–Crippen MR) is 98.9 cm³/mol. The topological polar surface area (TPSA) is 87.0 Å². The number of nitrogens with one attached hydrogen (secondary N) is 1.